The van der Waals surface area contributed by atoms with Crippen LogP contribution >= 0.6 is 15.9 Å². The van der Waals surface area contributed by atoms with Crippen molar-refractivity contribution in [2.45, 2.75) is 13.0 Å². The second kappa shape index (κ2) is 4.15. The number of rotatable bonds is 2. The largest absolute Gasteiger partial charge is 0.475 e. The summed E-state index contributed by atoms with van der Waals surface area (Å²) < 4.78 is 5.98. The van der Waals surface area contributed by atoms with Crippen molar-refractivity contribution in [3.63, 3.8) is 0 Å². The number of nitrogens with two attached hydrogens (primary N) is 1. The molecule has 0 radical (unpaired) electrons. The van der Waals surface area contributed by atoms with Gasteiger partial charge in [-0.2, -0.15) is 5.26 Å². The molecule has 0 aliphatic heterocycles. The molecule has 1 rings (SSSR count). The molecule has 68 valence electrons. The summed E-state index contributed by atoms with van der Waals surface area (Å²) in [6, 6.07) is 7.27. The van der Waals surface area contributed by atoms with Crippen LogP contribution in [0.4, 0.5) is 5.69 Å². The molecule has 1 atom stereocenters. The molecule has 1 aromatic carbocycles. The predicted octanol–water partition coefficient (Wildman–Crippen LogP) is 2.32. The monoisotopic (exact) mass is 240 g/mol. The van der Waals surface area contributed by atoms with Gasteiger partial charge in [-0.05, 0) is 35.0 Å². The van der Waals surface area contributed by atoms with Crippen LogP contribution < -0.4 is 10.5 Å². The number of ether oxygens (including phenoxy) is 1. The Balaban J connectivity index is 2.90. The van der Waals surface area contributed by atoms with Crippen LogP contribution in [0, 0.1) is 11.3 Å². The van der Waals surface area contributed by atoms with E-state index in [0.717, 1.165) is 0 Å². The van der Waals surface area contributed by atoms with Gasteiger partial charge in [0.25, 0.3) is 0 Å². The molecule has 2 N–H and O–H groups in total. The Hall–Kier alpha value is -1.21. The molecule has 0 aromatic heterocycles. The lowest BCUT2D eigenvalue weighted by Crippen LogP contribution is -2.08. The van der Waals surface area contributed by atoms with Gasteiger partial charge in [0.05, 0.1) is 4.47 Å². The van der Waals surface area contributed by atoms with E-state index in [4.69, 9.17) is 15.7 Å². The van der Waals surface area contributed by atoms with Crippen molar-refractivity contribution in [1.82, 2.24) is 0 Å². The number of halogens is 1. The highest BCUT2D eigenvalue weighted by atomic mass is 79.9. The van der Waals surface area contributed by atoms with E-state index in [1.165, 1.54) is 0 Å². The second-order valence-electron chi connectivity index (χ2n) is 2.55. The van der Waals surface area contributed by atoms with Crippen molar-refractivity contribution in [2.24, 2.45) is 0 Å². The van der Waals surface area contributed by atoms with Gasteiger partial charge in [-0.15, -0.1) is 0 Å². The summed E-state index contributed by atoms with van der Waals surface area (Å²) in [7, 11) is 0. The highest BCUT2D eigenvalue weighted by Gasteiger charge is 2.07. The third-order valence-electron chi connectivity index (χ3n) is 1.48. The number of nitrogen functional groups attached to an aromatic ring is 1. The van der Waals surface area contributed by atoms with Gasteiger partial charge in [0.1, 0.15) is 11.8 Å². The lowest BCUT2D eigenvalue weighted by atomic mass is 10.3. The maximum atomic E-state index is 8.53. The molecule has 1 aromatic rings. The highest BCUT2D eigenvalue weighted by Crippen LogP contribution is 2.30. The molecule has 0 bridgehead atoms. The smallest absolute Gasteiger partial charge is 0.181 e. The number of nitrogens with zero attached hydrogens (tertiary/aromatic N) is 1. The second-order valence-corrected chi connectivity index (χ2v) is 3.34. The fourth-order valence-corrected chi connectivity index (χ4v) is 1.19. The summed E-state index contributed by atoms with van der Waals surface area (Å²) in [5.74, 6) is 0.592. The first-order valence-electron chi connectivity index (χ1n) is 3.75. The molecular formula is C9H9BrN2O. The van der Waals surface area contributed by atoms with E-state index in [9.17, 15) is 0 Å². The van der Waals surface area contributed by atoms with Gasteiger partial charge in [-0.3, -0.25) is 0 Å². The maximum absolute atomic E-state index is 8.53. The quantitative estimate of drug-likeness (QED) is 0.808. The molecule has 0 fully saturated rings. The molecular weight excluding hydrogens is 232 g/mol. The zero-order chi connectivity index (χ0) is 9.84. The Morgan fingerprint density at radius 2 is 2.31 bits per heavy atom. The lowest BCUT2D eigenvalue weighted by Gasteiger charge is -2.10. The van der Waals surface area contributed by atoms with Crippen LogP contribution in [0.1, 0.15) is 6.92 Å². The molecule has 3 nitrogen and oxygen atoms in total. The van der Waals surface area contributed by atoms with Gasteiger partial charge in [-0.25, -0.2) is 0 Å². The zero-order valence-corrected chi connectivity index (χ0v) is 8.71. The van der Waals surface area contributed by atoms with Crippen LogP contribution in [0.5, 0.6) is 5.75 Å². The number of anilines is 1. The van der Waals surface area contributed by atoms with Crippen LogP contribution in [0.3, 0.4) is 0 Å². The minimum absolute atomic E-state index is 0.474. The molecule has 0 saturated carbocycles. The predicted molar refractivity (Wildman–Crippen MR) is 54.3 cm³/mol. The minimum Gasteiger partial charge on any atom is -0.475 e. The molecule has 1 unspecified atom stereocenters. The first kappa shape index (κ1) is 9.87. The molecule has 0 spiro atoms. The van der Waals surface area contributed by atoms with Crippen LogP contribution in [-0.4, -0.2) is 6.10 Å². The number of hydrogen-bond acceptors (Lipinski definition) is 3. The fourth-order valence-electron chi connectivity index (χ4n) is 0.836. The van der Waals surface area contributed by atoms with Crippen LogP contribution in [-0.2, 0) is 0 Å². The molecule has 4 heteroatoms. The average Bonchev–Trinajstić information content (AvgIpc) is 2.13. The van der Waals surface area contributed by atoms with Gasteiger partial charge >= 0.3 is 0 Å². The van der Waals surface area contributed by atoms with Crippen molar-refractivity contribution in [1.29, 1.82) is 5.26 Å². The summed E-state index contributed by atoms with van der Waals surface area (Å²) in [5, 5.41) is 8.53. The van der Waals surface area contributed by atoms with Gasteiger partial charge in [0.2, 0.25) is 0 Å². The Bertz CT molecular complexity index is 346. The normalized spacial score (nSPS) is 11.8. The molecule has 0 amide bonds. The lowest BCUT2D eigenvalue weighted by molar-refractivity contribution is 0.275. The highest BCUT2D eigenvalue weighted by molar-refractivity contribution is 9.10. The first-order valence-corrected chi connectivity index (χ1v) is 4.54. The standard InChI is InChI=1S/C9H9BrN2O/c1-6(5-11)13-8-4-2-3-7(12)9(8)10/h2-4,6H,12H2,1H3. The van der Waals surface area contributed by atoms with E-state index >= 15 is 0 Å². The summed E-state index contributed by atoms with van der Waals surface area (Å²) in [5.41, 5.74) is 6.23. The van der Waals surface area contributed by atoms with E-state index in [-0.39, 0.29) is 0 Å². The SMILES string of the molecule is CC(C#N)Oc1cccc(N)c1Br. The van der Waals surface area contributed by atoms with Gasteiger partial charge in [0.15, 0.2) is 6.10 Å². The molecule has 0 heterocycles. The minimum atomic E-state index is -0.474. The third kappa shape index (κ3) is 2.36. The van der Waals surface area contributed by atoms with Gasteiger partial charge < -0.3 is 10.5 Å². The molecule has 0 aliphatic rings. The topological polar surface area (TPSA) is 59.0 Å². The number of benzene rings is 1. The summed E-state index contributed by atoms with van der Waals surface area (Å²) in [6.45, 7) is 1.68. The molecule has 13 heavy (non-hydrogen) atoms. The Labute approximate surface area is 85.2 Å². The van der Waals surface area contributed by atoms with E-state index in [2.05, 4.69) is 15.9 Å². The van der Waals surface area contributed by atoms with Crippen molar-refractivity contribution in [2.75, 3.05) is 5.73 Å². The van der Waals surface area contributed by atoms with Crippen LogP contribution in [0.2, 0.25) is 0 Å². The van der Waals surface area contributed by atoms with Crippen LogP contribution in [0.25, 0.3) is 0 Å². The first-order chi connectivity index (χ1) is 6.15. The number of nitriles is 1. The van der Waals surface area contributed by atoms with Crippen molar-refractivity contribution >= 4 is 21.6 Å². The zero-order valence-electron chi connectivity index (χ0n) is 7.12. The van der Waals surface area contributed by atoms with E-state index in [1.807, 2.05) is 6.07 Å². The van der Waals surface area contributed by atoms with Gasteiger partial charge in [0, 0.05) is 5.69 Å². The van der Waals surface area contributed by atoms with E-state index in [1.54, 1.807) is 25.1 Å². The van der Waals surface area contributed by atoms with E-state index < -0.39 is 6.10 Å². The summed E-state index contributed by atoms with van der Waals surface area (Å²) >= 11 is 3.28. The number of hydrogen-bond donors (Lipinski definition) is 1. The maximum Gasteiger partial charge on any atom is 0.181 e. The molecule has 0 saturated heterocycles. The molecule has 0 aliphatic carbocycles. The van der Waals surface area contributed by atoms with Crippen LogP contribution in [0.15, 0.2) is 22.7 Å². The Morgan fingerprint density at radius 3 is 2.92 bits per heavy atom. The van der Waals surface area contributed by atoms with Crippen molar-refractivity contribution in [3.8, 4) is 11.8 Å². The Morgan fingerprint density at radius 1 is 1.62 bits per heavy atom. The summed E-state index contributed by atoms with van der Waals surface area (Å²) in [6.07, 6.45) is -0.474. The third-order valence-corrected chi connectivity index (χ3v) is 2.33. The summed E-state index contributed by atoms with van der Waals surface area (Å²) in [4.78, 5) is 0. The Kier molecular flexibility index (Phi) is 3.15. The van der Waals surface area contributed by atoms with Crippen molar-refractivity contribution < 1.29 is 4.74 Å². The van der Waals surface area contributed by atoms with Crippen molar-refractivity contribution in [3.05, 3.63) is 22.7 Å². The van der Waals surface area contributed by atoms with Gasteiger partial charge in [-0.1, -0.05) is 6.07 Å². The average molecular weight is 241 g/mol. The fraction of sp³-hybridized carbons (Fsp3) is 0.222. The van der Waals surface area contributed by atoms with E-state index in [0.29, 0.717) is 15.9 Å².